The Morgan fingerprint density at radius 1 is 0.971 bits per heavy atom. The molecule has 5 rings (SSSR count). The summed E-state index contributed by atoms with van der Waals surface area (Å²) in [5, 5.41) is 3.97. The maximum absolute atomic E-state index is 13.2. The molecule has 5 heteroatoms. The van der Waals surface area contributed by atoms with Crippen LogP contribution in [0.5, 0.6) is 0 Å². The van der Waals surface area contributed by atoms with Crippen molar-refractivity contribution in [3.8, 4) is 0 Å². The van der Waals surface area contributed by atoms with Crippen LogP contribution in [0.2, 0.25) is 5.02 Å². The second-order valence-electron chi connectivity index (χ2n) is 9.33. The van der Waals surface area contributed by atoms with Crippen molar-refractivity contribution in [2.45, 2.75) is 37.4 Å². The van der Waals surface area contributed by atoms with E-state index in [9.17, 15) is 4.79 Å². The van der Waals surface area contributed by atoms with Crippen LogP contribution in [0.4, 0.5) is 0 Å². The van der Waals surface area contributed by atoms with Crippen LogP contribution in [0, 0.1) is 0 Å². The highest BCUT2D eigenvalue weighted by atomic mass is 35.5. The molecule has 2 aliphatic heterocycles. The fraction of sp³-hybridized carbons (Fsp3) is 0.345. The van der Waals surface area contributed by atoms with Gasteiger partial charge in [0.25, 0.3) is 0 Å². The first kappa shape index (κ1) is 23.1. The van der Waals surface area contributed by atoms with Gasteiger partial charge in [-0.05, 0) is 60.2 Å². The minimum absolute atomic E-state index is 0.0582. The van der Waals surface area contributed by atoms with E-state index in [1.54, 1.807) is 0 Å². The molecule has 0 saturated carbocycles. The van der Waals surface area contributed by atoms with Crippen LogP contribution in [-0.2, 0) is 21.7 Å². The quantitative estimate of drug-likeness (QED) is 0.460. The van der Waals surface area contributed by atoms with Gasteiger partial charge < -0.3 is 15.0 Å². The van der Waals surface area contributed by atoms with Gasteiger partial charge in [0.15, 0.2) is 0 Å². The van der Waals surface area contributed by atoms with Gasteiger partial charge in [0.2, 0.25) is 5.91 Å². The summed E-state index contributed by atoms with van der Waals surface area (Å²) >= 11 is 6.26. The van der Waals surface area contributed by atoms with E-state index in [1.165, 1.54) is 11.1 Å². The van der Waals surface area contributed by atoms with Crippen molar-refractivity contribution in [3.05, 3.63) is 106 Å². The van der Waals surface area contributed by atoms with Crippen LogP contribution in [0.25, 0.3) is 0 Å². The lowest BCUT2D eigenvalue weighted by molar-refractivity contribution is -0.121. The molecule has 0 radical (unpaired) electrons. The van der Waals surface area contributed by atoms with Gasteiger partial charge in [0, 0.05) is 24.7 Å². The highest BCUT2D eigenvalue weighted by Crippen LogP contribution is 2.44. The number of ether oxygens (including phenoxy) is 1. The lowest BCUT2D eigenvalue weighted by Crippen LogP contribution is -2.43. The Morgan fingerprint density at radius 3 is 2.26 bits per heavy atom. The summed E-state index contributed by atoms with van der Waals surface area (Å²) in [7, 11) is 0. The topological polar surface area (TPSA) is 41.6 Å². The molecule has 176 valence electrons. The van der Waals surface area contributed by atoms with Crippen molar-refractivity contribution in [3.63, 3.8) is 0 Å². The van der Waals surface area contributed by atoms with E-state index < -0.39 is 0 Å². The number of hydrogen-bond acceptors (Lipinski definition) is 3. The second kappa shape index (κ2) is 10.3. The number of likely N-dealkylation sites (tertiary alicyclic amines) is 1. The summed E-state index contributed by atoms with van der Waals surface area (Å²) in [6.07, 6.45) is 2.89. The molecule has 0 atom stereocenters. The molecule has 0 aliphatic carbocycles. The van der Waals surface area contributed by atoms with E-state index in [4.69, 9.17) is 16.3 Å². The minimum Gasteiger partial charge on any atom is -0.365 e. The zero-order valence-corrected chi connectivity index (χ0v) is 20.1. The molecule has 4 nitrogen and oxygen atoms in total. The van der Waals surface area contributed by atoms with E-state index >= 15 is 0 Å². The summed E-state index contributed by atoms with van der Waals surface area (Å²) in [5.74, 6) is -0.230. The Kier molecular flexibility index (Phi) is 7.00. The SMILES string of the molecule is O=C(NCCCN1CCC2(CC1)OCc1ccc(Cl)cc12)C(c1ccccc1)c1ccccc1. The molecule has 3 aromatic carbocycles. The Hall–Kier alpha value is -2.66. The van der Waals surface area contributed by atoms with Gasteiger partial charge in [-0.1, -0.05) is 78.3 Å². The molecule has 2 heterocycles. The number of rotatable bonds is 7. The number of nitrogens with zero attached hydrogens (tertiary/aromatic N) is 1. The third-order valence-electron chi connectivity index (χ3n) is 7.21. The van der Waals surface area contributed by atoms with E-state index in [0.29, 0.717) is 13.2 Å². The van der Waals surface area contributed by atoms with Gasteiger partial charge >= 0.3 is 0 Å². The highest BCUT2D eigenvalue weighted by molar-refractivity contribution is 6.30. The predicted octanol–water partition coefficient (Wildman–Crippen LogP) is 5.50. The van der Waals surface area contributed by atoms with Gasteiger partial charge in [-0.25, -0.2) is 0 Å². The number of carbonyl (C=O) groups excluding carboxylic acids is 1. The summed E-state index contributed by atoms with van der Waals surface area (Å²) in [6, 6.07) is 26.2. The van der Waals surface area contributed by atoms with Gasteiger partial charge in [-0.2, -0.15) is 0 Å². The van der Waals surface area contributed by atoms with E-state index in [2.05, 4.69) is 22.3 Å². The molecule has 34 heavy (non-hydrogen) atoms. The van der Waals surface area contributed by atoms with Crippen LogP contribution in [0.15, 0.2) is 78.9 Å². The molecule has 1 fully saturated rings. The van der Waals surface area contributed by atoms with Crippen molar-refractivity contribution in [1.82, 2.24) is 10.2 Å². The average Bonchev–Trinajstić information content (AvgIpc) is 3.21. The first-order valence-electron chi connectivity index (χ1n) is 12.2. The number of carbonyl (C=O) groups is 1. The minimum atomic E-state index is -0.288. The van der Waals surface area contributed by atoms with Crippen molar-refractivity contribution < 1.29 is 9.53 Å². The normalized spacial score (nSPS) is 17.1. The van der Waals surface area contributed by atoms with Gasteiger partial charge in [-0.3, -0.25) is 4.79 Å². The zero-order valence-electron chi connectivity index (χ0n) is 19.4. The largest absolute Gasteiger partial charge is 0.365 e. The number of hydrogen-bond donors (Lipinski definition) is 1. The molecule has 1 amide bonds. The first-order valence-corrected chi connectivity index (χ1v) is 12.6. The summed E-state index contributed by atoms with van der Waals surface area (Å²) < 4.78 is 6.28. The Morgan fingerprint density at radius 2 is 1.62 bits per heavy atom. The molecule has 3 aromatic rings. The molecular weight excluding hydrogens is 444 g/mol. The molecular formula is C29H31ClN2O2. The zero-order chi connectivity index (χ0) is 23.4. The lowest BCUT2D eigenvalue weighted by atomic mass is 9.84. The van der Waals surface area contributed by atoms with E-state index in [-0.39, 0.29) is 17.4 Å². The summed E-state index contributed by atoms with van der Waals surface area (Å²) in [5.41, 5.74) is 4.41. The van der Waals surface area contributed by atoms with Gasteiger partial charge in [0.1, 0.15) is 0 Å². The van der Waals surface area contributed by atoms with Gasteiger partial charge in [0.05, 0.1) is 18.1 Å². The molecule has 2 aliphatic rings. The predicted molar refractivity (Wildman–Crippen MR) is 136 cm³/mol. The average molecular weight is 475 g/mol. The Labute approximate surface area is 206 Å². The van der Waals surface area contributed by atoms with E-state index in [0.717, 1.165) is 55.0 Å². The number of halogens is 1. The van der Waals surface area contributed by atoms with Crippen LogP contribution < -0.4 is 5.32 Å². The fourth-order valence-electron chi connectivity index (χ4n) is 5.35. The molecule has 1 saturated heterocycles. The Balaban J connectivity index is 1.13. The van der Waals surface area contributed by atoms with Crippen LogP contribution in [-0.4, -0.2) is 37.0 Å². The maximum atomic E-state index is 13.2. The Bertz CT molecular complexity index is 1070. The van der Waals surface area contributed by atoms with Crippen molar-refractivity contribution in [1.29, 1.82) is 0 Å². The third kappa shape index (κ3) is 4.90. The summed E-state index contributed by atoms with van der Waals surface area (Å²) in [6.45, 7) is 4.32. The third-order valence-corrected chi connectivity index (χ3v) is 7.44. The lowest BCUT2D eigenvalue weighted by Gasteiger charge is -2.39. The fourth-order valence-corrected chi connectivity index (χ4v) is 5.52. The number of fused-ring (bicyclic) bond motifs is 2. The van der Waals surface area contributed by atoms with E-state index in [1.807, 2.05) is 66.7 Å². The first-order chi connectivity index (χ1) is 16.6. The number of benzene rings is 3. The smallest absolute Gasteiger partial charge is 0.232 e. The number of piperidine rings is 1. The van der Waals surface area contributed by atoms with Gasteiger partial charge in [-0.15, -0.1) is 0 Å². The summed E-state index contributed by atoms with van der Waals surface area (Å²) in [4.78, 5) is 15.6. The molecule has 0 aromatic heterocycles. The molecule has 1 N–H and O–H groups in total. The van der Waals surface area contributed by atoms with Crippen LogP contribution in [0.3, 0.4) is 0 Å². The second-order valence-corrected chi connectivity index (χ2v) is 9.76. The van der Waals surface area contributed by atoms with Crippen molar-refractivity contribution in [2.75, 3.05) is 26.2 Å². The maximum Gasteiger partial charge on any atom is 0.232 e. The number of amides is 1. The molecule has 0 bridgehead atoms. The molecule has 0 unspecified atom stereocenters. The molecule has 1 spiro atoms. The van der Waals surface area contributed by atoms with Crippen LogP contribution in [0.1, 0.15) is 47.4 Å². The monoisotopic (exact) mass is 474 g/mol. The van der Waals surface area contributed by atoms with Crippen LogP contribution >= 0.6 is 11.6 Å². The van der Waals surface area contributed by atoms with Crippen molar-refractivity contribution in [2.24, 2.45) is 0 Å². The van der Waals surface area contributed by atoms with Crippen molar-refractivity contribution >= 4 is 17.5 Å². The number of nitrogens with one attached hydrogen (secondary N) is 1. The standard InChI is InChI=1S/C29H31ClN2O2/c30-25-13-12-24-21-34-29(26(24)20-25)14-18-32(19-15-29)17-7-16-31-28(33)27(22-8-3-1-4-9-22)23-10-5-2-6-11-23/h1-6,8-13,20,27H,7,14-19,21H2,(H,31,33). The highest BCUT2D eigenvalue weighted by Gasteiger charge is 2.42.